The van der Waals surface area contributed by atoms with Crippen LogP contribution >= 0.6 is 0 Å². The van der Waals surface area contributed by atoms with Crippen molar-refractivity contribution in [2.75, 3.05) is 26.8 Å². The Bertz CT molecular complexity index is 1400. The molecule has 10 heteroatoms. The van der Waals surface area contributed by atoms with Gasteiger partial charge in [0.25, 0.3) is 0 Å². The third-order valence-corrected chi connectivity index (χ3v) is 6.48. The minimum Gasteiger partial charge on any atom is -0.476 e. The Morgan fingerprint density at radius 1 is 1.28 bits per heavy atom. The van der Waals surface area contributed by atoms with Gasteiger partial charge in [0.05, 0.1) is 53.5 Å². The topological polar surface area (TPSA) is 106 Å². The Balaban J connectivity index is 1.70. The zero-order valence-corrected chi connectivity index (χ0v) is 21.4. The van der Waals surface area contributed by atoms with E-state index in [1.54, 1.807) is 4.68 Å². The predicted molar refractivity (Wildman–Crippen MR) is 139 cm³/mol. The number of nitrogens with one attached hydrogen (secondary N) is 1. The lowest BCUT2D eigenvalue weighted by atomic mass is 10.1. The van der Waals surface area contributed by atoms with Crippen molar-refractivity contribution in [2.45, 2.75) is 39.5 Å². The molecule has 1 aromatic carbocycles. The second kappa shape index (κ2) is 9.79. The van der Waals surface area contributed by atoms with Crippen molar-refractivity contribution in [1.29, 1.82) is 0 Å². The van der Waals surface area contributed by atoms with Gasteiger partial charge in [0, 0.05) is 25.5 Å². The number of ether oxygens (including phenoxy) is 2. The third kappa shape index (κ3) is 4.38. The summed E-state index contributed by atoms with van der Waals surface area (Å²) in [6.45, 7) is 7.70. The lowest BCUT2D eigenvalue weighted by molar-refractivity contribution is 0.145. The molecule has 5 rings (SSSR count). The summed E-state index contributed by atoms with van der Waals surface area (Å²) in [7, 11) is 3.95. The van der Waals surface area contributed by atoms with E-state index < -0.39 is 0 Å². The first-order valence-corrected chi connectivity index (χ1v) is 12.3. The molecule has 4 heterocycles. The van der Waals surface area contributed by atoms with Gasteiger partial charge < -0.3 is 14.6 Å². The number of benzene rings is 1. The van der Waals surface area contributed by atoms with Crippen LogP contribution < -0.4 is 9.47 Å². The molecular formula is C26H33N7O3. The molecule has 4 aromatic rings. The Hall–Kier alpha value is -3.63. The number of likely N-dealkylation sites (N-methyl/N-ethyl adjacent to an activating group) is 1. The van der Waals surface area contributed by atoms with Crippen molar-refractivity contribution in [1.82, 2.24) is 34.7 Å². The summed E-state index contributed by atoms with van der Waals surface area (Å²) in [6, 6.07) is 5.96. The number of hydrogen-bond donors (Lipinski definition) is 2. The molecule has 0 unspecified atom stereocenters. The summed E-state index contributed by atoms with van der Waals surface area (Å²) in [5, 5.41) is 27.8. The molecule has 0 saturated heterocycles. The summed E-state index contributed by atoms with van der Waals surface area (Å²) in [6.07, 6.45) is 5.78. The van der Waals surface area contributed by atoms with E-state index in [-0.39, 0.29) is 18.8 Å². The maximum atomic E-state index is 9.92. The molecular weight excluding hydrogens is 458 g/mol. The zero-order valence-electron chi connectivity index (χ0n) is 21.4. The average Bonchev–Trinajstić information content (AvgIpc) is 3.52. The number of aliphatic hydroxyl groups excluding tert-OH is 1. The van der Waals surface area contributed by atoms with E-state index >= 15 is 0 Å². The van der Waals surface area contributed by atoms with E-state index in [1.165, 1.54) is 0 Å². The molecule has 0 spiro atoms. The summed E-state index contributed by atoms with van der Waals surface area (Å²) >= 11 is 0. The van der Waals surface area contributed by atoms with Crippen LogP contribution in [0.1, 0.15) is 43.8 Å². The fraction of sp³-hybridized carbons (Fsp3) is 0.423. The van der Waals surface area contributed by atoms with Crippen LogP contribution in [0.4, 0.5) is 0 Å². The number of hydrogen-bond acceptors (Lipinski definition) is 7. The van der Waals surface area contributed by atoms with Crippen LogP contribution in [-0.2, 0) is 13.6 Å². The van der Waals surface area contributed by atoms with Crippen molar-refractivity contribution in [2.24, 2.45) is 7.05 Å². The van der Waals surface area contributed by atoms with Crippen LogP contribution in [0, 0.1) is 0 Å². The van der Waals surface area contributed by atoms with E-state index in [0.717, 1.165) is 44.9 Å². The number of aromatic amines is 1. The molecule has 1 aliphatic heterocycles. The number of rotatable bonds is 4. The van der Waals surface area contributed by atoms with E-state index in [0.29, 0.717) is 25.6 Å². The lowest BCUT2D eigenvalue weighted by Crippen LogP contribution is -2.32. The Kier molecular flexibility index (Phi) is 6.55. The molecule has 3 aromatic heterocycles. The van der Waals surface area contributed by atoms with Gasteiger partial charge in [0.1, 0.15) is 6.10 Å². The zero-order chi connectivity index (χ0) is 25.4. The van der Waals surface area contributed by atoms with Crippen LogP contribution in [0.3, 0.4) is 0 Å². The summed E-state index contributed by atoms with van der Waals surface area (Å²) in [5.41, 5.74) is 5.56. The molecule has 0 fully saturated rings. The number of fused-ring (bicyclic) bond motifs is 4. The maximum Gasteiger partial charge on any atom is 0.240 e. The van der Waals surface area contributed by atoms with Crippen LogP contribution in [-0.4, -0.2) is 72.7 Å². The predicted octanol–water partition coefficient (Wildman–Crippen LogP) is 3.50. The molecule has 0 radical (unpaired) electrons. The Morgan fingerprint density at radius 2 is 2.11 bits per heavy atom. The standard InChI is InChI=1S/C26H33N7O3/c1-6-35-25-19-8-10-23-20-11-18(7-9-22(20)28-29-23)21-12-27-32(5)26(21)36-17(3)13-31(4)14-24(19)33(30-25)16(2)15-34/h7-12,16-17,34H,6,13-15H2,1-5H3,(H,28,29)/b10-8+/t16-,17+/m1/s1. The summed E-state index contributed by atoms with van der Waals surface area (Å²) < 4.78 is 16.0. The number of H-pyrrole nitrogens is 1. The number of aryl methyl sites for hydroxylation is 1. The van der Waals surface area contributed by atoms with E-state index in [9.17, 15) is 5.11 Å². The fourth-order valence-corrected chi connectivity index (χ4v) is 4.71. The number of aromatic nitrogens is 6. The van der Waals surface area contributed by atoms with Gasteiger partial charge in [-0.3, -0.25) is 14.7 Å². The highest BCUT2D eigenvalue weighted by atomic mass is 16.5. The van der Waals surface area contributed by atoms with Crippen LogP contribution in [0.15, 0.2) is 24.4 Å². The maximum absolute atomic E-state index is 9.92. The van der Waals surface area contributed by atoms with Gasteiger partial charge >= 0.3 is 0 Å². The second-order valence-electron chi connectivity index (χ2n) is 9.39. The summed E-state index contributed by atoms with van der Waals surface area (Å²) in [5.74, 6) is 1.28. The Labute approximate surface area is 210 Å². The van der Waals surface area contributed by atoms with Crippen molar-refractivity contribution in [3.63, 3.8) is 0 Å². The second-order valence-corrected chi connectivity index (χ2v) is 9.39. The average molecular weight is 492 g/mol. The highest BCUT2D eigenvalue weighted by Crippen LogP contribution is 2.34. The van der Waals surface area contributed by atoms with E-state index in [4.69, 9.17) is 14.6 Å². The van der Waals surface area contributed by atoms with Crippen molar-refractivity contribution < 1.29 is 14.6 Å². The van der Waals surface area contributed by atoms with Crippen molar-refractivity contribution in [3.05, 3.63) is 41.3 Å². The minimum absolute atomic E-state index is 0.0240. The number of nitrogens with zero attached hydrogens (tertiary/aromatic N) is 6. The van der Waals surface area contributed by atoms with E-state index in [1.807, 2.05) is 56.1 Å². The van der Waals surface area contributed by atoms with Crippen LogP contribution in [0.5, 0.6) is 11.8 Å². The van der Waals surface area contributed by atoms with Gasteiger partial charge in [0.2, 0.25) is 11.8 Å². The van der Waals surface area contributed by atoms with Gasteiger partial charge in [-0.15, -0.1) is 5.10 Å². The van der Waals surface area contributed by atoms with Gasteiger partial charge in [-0.1, -0.05) is 6.07 Å². The monoisotopic (exact) mass is 491 g/mol. The SMILES string of the molecule is CCOc1nn([C@H](C)CO)c2c1/C=C/c1[nH]nc3ccc(cc13)-c1cnn(C)c1O[C@@H](C)CN(C)C2. The van der Waals surface area contributed by atoms with E-state index in [2.05, 4.69) is 40.2 Å². The molecule has 0 aliphatic carbocycles. The quantitative estimate of drug-likeness (QED) is 0.450. The molecule has 10 nitrogen and oxygen atoms in total. The minimum atomic E-state index is -0.196. The third-order valence-electron chi connectivity index (χ3n) is 6.48. The number of aliphatic hydroxyl groups is 1. The van der Waals surface area contributed by atoms with Gasteiger partial charge in [-0.2, -0.15) is 10.2 Å². The molecule has 36 heavy (non-hydrogen) atoms. The van der Waals surface area contributed by atoms with Crippen molar-refractivity contribution in [3.8, 4) is 22.9 Å². The lowest BCUT2D eigenvalue weighted by Gasteiger charge is -2.24. The largest absolute Gasteiger partial charge is 0.476 e. The van der Waals surface area contributed by atoms with Gasteiger partial charge in [-0.25, -0.2) is 4.68 Å². The van der Waals surface area contributed by atoms with Crippen LogP contribution in [0.2, 0.25) is 0 Å². The van der Waals surface area contributed by atoms with Crippen LogP contribution in [0.25, 0.3) is 34.2 Å². The first kappa shape index (κ1) is 24.1. The molecule has 2 atom stereocenters. The summed E-state index contributed by atoms with van der Waals surface area (Å²) in [4.78, 5) is 2.19. The fourth-order valence-electron chi connectivity index (χ4n) is 4.71. The molecule has 0 saturated carbocycles. The first-order valence-electron chi connectivity index (χ1n) is 12.3. The molecule has 2 bridgehead atoms. The smallest absolute Gasteiger partial charge is 0.240 e. The molecule has 1 aliphatic rings. The van der Waals surface area contributed by atoms with Crippen molar-refractivity contribution >= 4 is 23.1 Å². The highest BCUT2D eigenvalue weighted by molar-refractivity contribution is 5.93. The Morgan fingerprint density at radius 3 is 2.89 bits per heavy atom. The molecule has 0 amide bonds. The normalized spacial score (nSPS) is 18.2. The van der Waals surface area contributed by atoms with Gasteiger partial charge in [0.15, 0.2) is 0 Å². The molecule has 2 N–H and O–H groups in total. The van der Waals surface area contributed by atoms with Gasteiger partial charge in [-0.05, 0) is 57.7 Å². The first-order chi connectivity index (χ1) is 17.4. The highest BCUT2D eigenvalue weighted by Gasteiger charge is 2.24. The molecule has 190 valence electrons.